The fraction of sp³-hybridized carbons (Fsp3) is 0.647. The molecule has 2 atom stereocenters. The van der Waals surface area contributed by atoms with Crippen LogP contribution >= 0.6 is 0 Å². The maximum Gasteiger partial charge on any atom is 0.122 e. The molecule has 1 heterocycles. The zero-order valence-electron chi connectivity index (χ0n) is 12.7. The lowest BCUT2D eigenvalue weighted by Crippen LogP contribution is -2.35. The Balaban J connectivity index is 1.97. The highest BCUT2D eigenvalue weighted by atomic mass is 16.5. The van der Waals surface area contributed by atoms with Crippen molar-refractivity contribution >= 4 is 0 Å². The van der Waals surface area contributed by atoms with Crippen LogP contribution < -0.4 is 10.1 Å². The summed E-state index contributed by atoms with van der Waals surface area (Å²) in [5.74, 6) is 0.989. The van der Waals surface area contributed by atoms with Gasteiger partial charge in [0.2, 0.25) is 0 Å². The molecule has 2 unspecified atom stereocenters. The predicted molar refractivity (Wildman–Crippen MR) is 82.4 cm³/mol. The van der Waals surface area contributed by atoms with Crippen molar-refractivity contribution in [1.82, 2.24) is 5.32 Å². The second-order valence-corrected chi connectivity index (χ2v) is 5.54. The lowest BCUT2D eigenvalue weighted by Gasteiger charge is -2.22. The van der Waals surface area contributed by atoms with Gasteiger partial charge in [0.05, 0.1) is 13.2 Å². The second-order valence-electron chi connectivity index (χ2n) is 5.54. The Hall–Kier alpha value is -1.06. The van der Waals surface area contributed by atoms with Crippen molar-refractivity contribution in [1.29, 1.82) is 0 Å². The van der Waals surface area contributed by atoms with Crippen LogP contribution in [0.1, 0.15) is 38.2 Å². The van der Waals surface area contributed by atoms with Crippen LogP contribution in [0.5, 0.6) is 5.75 Å². The van der Waals surface area contributed by atoms with Gasteiger partial charge in [0, 0.05) is 12.6 Å². The standard InChI is InChI=1S/C17H27NO2/c1-3-10-18-15(13-16-8-6-11-20-16)12-14-7-4-5-9-17(14)19-2/h4-5,7,9,15-16,18H,3,6,8,10-13H2,1-2H3. The van der Waals surface area contributed by atoms with Crippen LogP contribution in [0.3, 0.4) is 0 Å². The molecule has 112 valence electrons. The Morgan fingerprint density at radius 2 is 2.25 bits per heavy atom. The molecule has 1 saturated heterocycles. The molecule has 0 radical (unpaired) electrons. The van der Waals surface area contributed by atoms with Crippen molar-refractivity contribution in [2.75, 3.05) is 20.3 Å². The molecule has 3 heteroatoms. The van der Waals surface area contributed by atoms with Gasteiger partial charge in [-0.25, -0.2) is 0 Å². The van der Waals surface area contributed by atoms with E-state index in [1.807, 2.05) is 12.1 Å². The Morgan fingerprint density at radius 1 is 1.40 bits per heavy atom. The minimum Gasteiger partial charge on any atom is -0.496 e. The Kier molecular flexibility index (Phi) is 6.34. The average Bonchev–Trinajstić information content (AvgIpc) is 2.98. The summed E-state index contributed by atoms with van der Waals surface area (Å²) in [6.45, 7) is 4.20. The minimum absolute atomic E-state index is 0.430. The summed E-state index contributed by atoms with van der Waals surface area (Å²) in [6.07, 6.45) is 6.10. The number of methoxy groups -OCH3 is 1. The van der Waals surface area contributed by atoms with Crippen molar-refractivity contribution in [3.8, 4) is 5.75 Å². The van der Waals surface area contributed by atoms with Crippen molar-refractivity contribution in [3.05, 3.63) is 29.8 Å². The van der Waals surface area contributed by atoms with Crippen LogP contribution in [0.4, 0.5) is 0 Å². The maximum atomic E-state index is 5.79. The molecule has 20 heavy (non-hydrogen) atoms. The Bertz CT molecular complexity index is 388. The number of rotatable bonds is 8. The molecule has 1 aromatic carbocycles. The van der Waals surface area contributed by atoms with Gasteiger partial charge in [-0.2, -0.15) is 0 Å². The highest BCUT2D eigenvalue weighted by Crippen LogP contribution is 2.23. The van der Waals surface area contributed by atoms with Crippen molar-refractivity contribution in [2.24, 2.45) is 0 Å². The lowest BCUT2D eigenvalue weighted by atomic mass is 9.98. The third-order valence-electron chi connectivity index (χ3n) is 3.91. The van der Waals surface area contributed by atoms with Gasteiger partial charge in [-0.1, -0.05) is 25.1 Å². The highest BCUT2D eigenvalue weighted by molar-refractivity contribution is 5.33. The summed E-state index contributed by atoms with van der Waals surface area (Å²) >= 11 is 0. The average molecular weight is 277 g/mol. The molecular weight excluding hydrogens is 250 g/mol. The summed E-state index contributed by atoms with van der Waals surface area (Å²) in [4.78, 5) is 0. The van der Waals surface area contributed by atoms with Gasteiger partial charge in [0.1, 0.15) is 5.75 Å². The molecule has 0 saturated carbocycles. The van der Waals surface area contributed by atoms with Gasteiger partial charge < -0.3 is 14.8 Å². The fourth-order valence-corrected chi connectivity index (χ4v) is 2.87. The molecule has 2 rings (SSSR count). The number of nitrogens with one attached hydrogen (secondary N) is 1. The second kappa shape index (κ2) is 8.28. The number of ether oxygens (including phenoxy) is 2. The molecule has 3 nitrogen and oxygen atoms in total. The van der Waals surface area contributed by atoms with Gasteiger partial charge in [-0.15, -0.1) is 0 Å². The monoisotopic (exact) mass is 277 g/mol. The van der Waals surface area contributed by atoms with Crippen LogP contribution in [0.2, 0.25) is 0 Å². The third kappa shape index (κ3) is 4.50. The van der Waals surface area contributed by atoms with E-state index >= 15 is 0 Å². The summed E-state index contributed by atoms with van der Waals surface area (Å²) in [7, 11) is 1.74. The van der Waals surface area contributed by atoms with E-state index in [0.717, 1.165) is 38.2 Å². The molecule has 0 aromatic heterocycles. The highest BCUT2D eigenvalue weighted by Gasteiger charge is 2.21. The Labute approximate surface area is 122 Å². The smallest absolute Gasteiger partial charge is 0.122 e. The number of hydrogen-bond donors (Lipinski definition) is 1. The van der Waals surface area contributed by atoms with Crippen LogP contribution in [0.25, 0.3) is 0 Å². The van der Waals surface area contributed by atoms with Gasteiger partial charge in [0.15, 0.2) is 0 Å². The molecule has 0 bridgehead atoms. The van der Waals surface area contributed by atoms with E-state index in [2.05, 4.69) is 24.4 Å². The first-order valence-corrected chi connectivity index (χ1v) is 7.80. The van der Waals surface area contributed by atoms with Crippen molar-refractivity contribution in [3.63, 3.8) is 0 Å². The maximum absolute atomic E-state index is 5.79. The summed E-state index contributed by atoms with van der Waals surface area (Å²) in [5.41, 5.74) is 1.28. The lowest BCUT2D eigenvalue weighted by molar-refractivity contribution is 0.0945. The summed E-state index contributed by atoms with van der Waals surface area (Å²) in [5, 5.41) is 3.66. The van der Waals surface area contributed by atoms with Crippen LogP contribution in [-0.2, 0) is 11.2 Å². The first-order valence-electron chi connectivity index (χ1n) is 7.80. The molecule has 1 aromatic rings. The van der Waals surface area contributed by atoms with E-state index in [1.165, 1.54) is 18.4 Å². The Morgan fingerprint density at radius 3 is 2.95 bits per heavy atom. The van der Waals surface area contributed by atoms with Crippen LogP contribution in [0, 0.1) is 0 Å². The zero-order chi connectivity index (χ0) is 14.2. The van der Waals surface area contributed by atoms with Crippen LogP contribution in [0.15, 0.2) is 24.3 Å². The minimum atomic E-state index is 0.430. The predicted octanol–water partition coefficient (Wildman–Crippen LogP) is 3.18. The van der Waals surface area contributed by atoms with E-state index in [-0.39, 0.29) is 0 Å². The number of benzene rings is 1. The van der Waals surface area contributed by atoms with E-state index in [9.17, 15) is 0 Å². The van der Waals surface area contributed by atoms with Crippen molar-refractivity contribution in [2.45, 2.75) is 51.2 Å². The first-order chi connectivity index (χ1) is 9.83. The van der Waals surface area contributed by atoms with E-state index in [0.29, 0.717) is 12.1 Å². The van der Waals surface area contributed by atoms with Crippen molar-refractivity contribution < 1.29 is 9.47 Å². The zero-order valence-corrected chi connectivity index (χ0v) is 12.7. The van der Waals surface area contributed by atoms with Crippen LogP contribution in [-0.4, -0.2) is 32.4 Å². The van der Waals surface area contributed by atoms with Gasteiger partial charge in [-0.05, 0) is 50.3 Å². The molecule has 0 amide bonds. The van der Waals surface area contributed by atoms with E-state index in [1.54, 1.807) is 7.11 Å². The topological polar surface area (TPSA) is 30.5 Å². The summed E-state index contributed by atoms with van der Waals surface area (Å²) < 4.78 is 11.2. The molecule has 0 aliphatic carbocycles. The molecule has 1 N–H and O–H groups in total. The van der Waals surface area contributed by atoms with Gasteiger partial charge in [0.25, 0.3) is 0 Å². The molecule has 1 aliphatic heterocycles. The fourth-order valence-electron chi connectivity index (χ4n) is 2.87. The molecule has 1 aliphatic rings. The van der Waals surface area contributed by atoms with Gasteiger partial charge in [-0.3, -0.25) is 0 Å². The van der Waals surface area contributed by atoms with Gasteiger partial charge >= 0.3 is 0 Å². The molecule has 0 spiro atoms. The quantitative estimate of drug-likeness (QED) is 0.791. The summed E-state index contributed by atoms with van der Waals surface area (Å²) in [6, 6.07) is 8.78. The van der Waals surface area contributed by atoms with E-state index < -0.39 is 0 Å². The van der Waals surface area contributed by atoms with E-state index in [4.69, 9.17) is 9.47 Å². The number of hydrogen-bond acceptors (Lipinski definition) is 3. The molecule has 1 fully saturated rings. The number of para-hydroxylation sites is 1. The third-order valence-corrected chi connectivity index (χ3v) is 3.91. The largest absolute Gasteiger partial charge is 0.496 e. The normalized spacial score (nSPS) is 20.0. The first kappa shape index (κ1) is 15.3. The molecular formula is C17H27NO2. The SMILES string of the molecule is CCCNC(Cc1ccccc1OC)CC1CCCO1.